The summed E-state index contributed by atoms with van der Waals surface area (Å²) < 4.78 is 13.6. The predicted octanol–water partition coefficient (Wildman–Crippen LogP) is 3.39. The second-order valence-corrected chi connectivity index (χ2v) is 5.65. The van der Waals surface area contributed by atoms with Crippen LogP contribution in [0.4, 0.5) is 16.0 Å². The molecule has 134 valence electrons. The number of nitrogens with one attached hydrogen (secondary N) is 2. The van der Waals surface area contributed by atoms with Crippen LogP contribution in [0.15, 0.2) is 60.8 Å². The van der Waals surface area contributed by atoms with E-state index < -0.39 is 5.91 Å². The molecule has 0 aliphatic rings. The fourth-order valence-corrected chi connectivity index (χ4v) is 2.46. The molecule has 0 spiro atoms. The summed E-state index contributed by atoms with van der Waals surface area (Å²) in [7, 11) is 0. The molecule has 7 heteroatoms. The zero-order chi connectivity index (χ0) is 19.1. The van der Waals surface area contributed by atoms with E-state index in [0.29, 0.717) is 29.8 Å². The molecule has 1 heterocycles. The Hall–Kier alpha value is -3.79. The highest BCUT2D eigenvalue weighted by Crippen LogP contribution is 2.15. The SMILES string of the molecule is N#Cc1ccccc1NC(=O)c1ccnc(NCCc2ccccc2F)n1. The van der Waals surface area contributed by atoms with Gasteiger partial charge in [0.2, 0.25) is 5.95 Å². The molecule has 0 saturated heterocycles. The summed E-state index contributed by atoms with van der Waals surface area (Å²) in [5.41, 5.74) is 1.53. The molecule has 27 heavy (non-hydrogen) atoms. The third kappa shape index (κ3) is 4.64. The average molecular weight is 361 g/mol. The first-order valence-electron chi connectivity index (χ1n) is 8.28. The fraction of sp³-hybridized carbons (Fsp3) is 0.100. The molecule has 1 amide bonds. The number of nitriles is 1. The largest absolute Gasteiger partial charge is 0.354 e. The Balaban J connectivity index is 1.64. The molecule has 2 N–H and O–H groups in total. The van der Waals surface area contributed by atoms with Crippen LogP contribution in [0.5, 0.6) is 0 Å². The Morgan fingerprint density at radius 1 is 1.11 bits per heavy atom. The van der Waals surface area contributed by atoms with Gasteiger partial charge in [-0.25, -0.2) is 14.4 Å². The zero-order valence-electron chi connectivity index (χ0n) is 14.3. The average Bonchev–Trinajstić information content (AvgIpc) is 2.70. The van der Waals surface area contributed by atoms with Crippen molar-refractivity contribution in [1.29, 1.82) is 5.26 Å². The monoisotopic (exact) mass is 361 g/mol. The van der Waals surface area contributed by atoms with Crippen molar-refractivity contribution in [2.75, 3.05) is 17.2 Å². The van der Waals surface area contributed by atoms with Crippen LogP contribution in [0.25, 0.3) is 0 Å². The number of rotatable bonds is 6. The van der Waals surface area contributed by atoms with Crippen molar-refractivity contribution < 1.29 is 9.18 Å². The Morgan fingerprint density at radius 3 is 2.70 bits per heavy atom. The number of amides is 1. The van der Waals surface area contributed by atoms with E-state index in [4.69, 9.17) is 5.26 Å². The lowest BCUT2D eigenvalue weighted by Crippen LogP contribution is -2.16. The molecule has 2 aromatic carbocycles. The number of nitrogens with zero attached hydrogens (tertiary/aromatic N) is 3. The maximum absolute atomic E-state index is 13.6. The zero-order valence-corrected chi connectivity index (χ0v) is 14.3. The van der Waals surface area contributed by atoms with Gasteiger partial charge >= 0.3 is 0 Å². The van der Waals surface area contributed by atoms with E-state index in [1.54, 1.807) is 42.5 Å². The minimum atomic E-state index is -0.447. The third-order valence-electron chi connectivity index (χ3n) is 3.82. The van der Waals surface area contributed by atoms with Gasteiger partial charge in [-0.3, -0.25) is 4.79 Å². The first-order chi connectivity index (χ1) is 13.2. The van der Waals surface area contributed by atoms with Crippen LogP contribution in [0.3, 0.4) is 0 Å². The highest BCUT2D eigenvalue weighted by molar-refractivity contribution is 6.03. The number of carbonyl (C=O) groups excluding carboxylic acids is 1. The molecule has 0 atom stereocenters. The summed E-state index contributed by atoms with van der Waals surface area (Å²) in [5.74, 6) is -0.436. The van der Waals surface area contributed by atoms with Crippen molar-refractivity contribution in [3.05, 3.63) is 83.4 Å². The van der Waals surface area contributed by atoms with Gasteiger partial charge < -0.3 is 10.6 Å². The summed E-state index contributed by atoms with van der Waals surface area (Å²) in [6, 6.07) is 16.8. The molecule has 3 rings (SSSR count). The number of halogens is 1. The normalized spacial score (nSPS) is 10.1. The number of benzene rings is 2. The molecule has 0 saturated carbocycles. The molecule has 1 aromatic heterocycles. The van der Waals surface area contributed by atoms with Crippen LogP contribution in [-0.4, -0.2) is 22.4 Å². The van der Waals surface area contributed by atoms with Gasteiger partial charge in [-0.05, 0) is 36.2 Å². The van der Waals surface area contributed by atoms with Gasteiger partial charge in [-0.1, -0.05) is 30.3 Å². The Morgan fingerprint density at radius 2 is 1.89 bits per heavy atom. The molecular formula is C20H16FN5O. The highest BCUT2D eigenvalue weighted by atomic mass is 19.1. The summed E-state index contributed by atoms with van der Waals surface area (Å²) in [6.45, 7) is 0.420. The number of hydrogen-bond donors (Lipinski definition) is 2. The topological polar surface area (TPSA) is 90.7 Å². The van der Waals surface area contributed by atoms with Gasteiger partial charge in [0, 0.05) is 12.7 Å². The molecule has 0 aliphatic carbocycles. The van der Waals surface area contributed by atoms with Gasteiger partial charge in [-0.2, -0.15) is 5.26 Å². The van der Waals surface area contributed by atoms with Crippen molar-refractivity contribution in [3.8, 4) is 6.07 Å². The molecular weight excluding hydrogens is 345 g/mol. The van der Waals surface area contributed by atoms with E-state index in [2.05, 4.69) is 20.6 Å². The van der Waals surface area contributed by atoms with Crippen molar-refractivity contribution >= 4 is 17.5 Å². The molecule has 3 aromatic rings. The van der Waals surface area contributed by atoms with E-state index in [-0.39, 0.29) is 17.5 Å². The quantitative estimate of drug-likeness (QED) is 0.702. The van der Waals surface area contributed by atoms with Gasteiger partial charge in [0.05, 0.1) is 11.3 Å². The van der Waals surface area contributed by atoms with E-state index in [1.807, 2.05) is 6.07 Å². The minimum absolute atomic E-state index is 0.158. The first kappa shape index (κ1) is 18.0. The maximum Gasteiger partial charge on any atom is 0.274 e. The van der Waals surface area contributed by atoms with Crippen LogP contribution in [0.2, 0.25) is 0 Å². The Bertz CT molecular complexity index is 999. The van der Waals surface area contributed by atoms with E-state index >= 15 is 0 Å². The maximum atomic E-state index is 13.6. The van der Waals surface area contributed by atoms with E-state index in [9.17, 15) is 9.18 Å². The van der Waals surface area contributed by atoms with E-state index in [1.165, 1.54) is 18.3 Å². The van der Waals surface area contributed by atoms with Crippen molar-refractivity contribution in [2.24, 2.45) is 0 Å². The molecule has 0 fully saturated rings. The van der Waals surface area contributed by atoms with Gasteiger partial charge in [0.15, 0.2) is 0 Å². The summed E-state index contributed by atoms with van der Waals surface area (Å²) >= 11 is 0. The number of carbonyl (C=O) groups is 1. The van der Waals surface area contributed by atoms with Gasteiger partial charge in [0.1, 0.15) is 17.6 Å². The second kappa shape index (κ2) is 8.54. The number of para-hydroxylation sites is 1. The smallest absolute Gasteiger partial charge is 0.274 e. The number of hydrogen-bond acceptors (Lipinski definition) is 5. The first-order valence-corrected chi connectivity index (χ1v) is 8.28. The van der Waals surface area contributed by atoms with Crippen molar-refractivity contribution in [2.45, 2.75) is 6.42 Å². The predicted molar refractivity (Wildman–Crippen MR) is 99.7 cm³/mol. The summed E-state index contributed by atoms with van der Waals surface area (Å²) in [4.78, 5) is 20.6. The lowest BCUT2D eigenvalue weighted by molar-refractivity contribution is 0.102. The fourth-order valence-electron chi connectivity index (χ4n) is 2.46. The Kier molecular flexibility index (Phi) is 5.70. The lowest BCUT2D eigenvalue weighted by atomic mass is 10.1. The summed E-state index contributed by atoms with van der Waals surface area (Å²) in [6.07, 6.45) is 1.92. The van der Waals surface area contributed by atoms with Crippen molar-refractivity contribution in [1.82, 2.24) is 9.97 Å². The molecule has 0 unspecified atom stereocenters. The van der Waals surface area contributed by atoms with Crippen molar-refractivity contribution in [3.63, 3.8) is 0 Å². The number of aromatic nitrogens is 2. The number of anilines is 2. The minimum Gasteiger partial charge on any atom is -0.354 e. The molecule has 0 radical (unpaired) electrons. The van der Waals surface area contributed by atoms with Crippen LogP contribution in [-0.2, 0) is 6.42 Å². The van der Waals surface area contributed by atoms with Crippen LogP contribution >= 0.6 is 0 Å². The molecule has 0 bridgehead atoms. The van der Waals surface area contributed by atoms with Gasteiger partial charge in [-0.15, -0.1) is 0 Å². The van der Waals surface area contributed by atoms with Gasteiger partial charge in [0.25, 0.3) is 5.91 Å². The van der Waals surface area contributed by atoms with Crippen LogP contribution in [0, 0.1) is 17.1 Å². The Labute approximate surface area is 155 Å². The summed E-state index contributed by atoms with van der Waals surface area (Å²) in [5, 5.41) is 14.7. The lowest BCUT2D eigenvalue weighted by Gasteiger charge is -2.08. The van der Waals surface area contributed by atoms with Crippen LogP contribution < -0.4 is 10.6 Å². The third-order valence-corrected chi connectivity index (χ3v) is 3.82. The molecule has 6 nitrogen and oxygen atoms in total. The second-order valence-electron chi connectivity index (χ2n) is 5.65. The standard InChI is InChI=1S/C20H16FN5O/c21-16-7-3-1-5-14(16)9-11-23-20-24-12-10-18(26-20)19(27)25-17-8-4-2-6-15(17)13-22/h1-8,10,12H,9,11H2,(H,25,27)(H,23,24,26). The van der Waals surface area contributed by atoms with Crippen LogP contribution in [0.1, 0.15) is 21.6 Å². The van der Waals surface area contributed by atoms with E-state index in [0.717, 1.165) is 0 Å². The highest BCUT2D eigenvalue weighted by Gasteiger charge is 2.11. The molecule has 0 aliphatic heterocycles.